The fraction of sp³-hybridized carbons (Fsp3) is 0.245. The van der Waals surface area contributed by atoms with Crippen molar-refractivity contribution in [3.05, 3.63) is 178 Å². The molecular formula is C49H56N12O4. The van der Waals surface area contributed by atoms with E-state index in [0.717, 1.165) is 22.3 Å². The molecule has 3 amide bonds. The van der Waals surface area contributed by atoms with Gasteiger partial charge in [-0.1, -0.05) is 141 Å². The van der Waals surface area contributed by atoms with Crippen molar-refractivity contribution in [1.29, 1.82) is 0 Å². The molecule has 0 bridgehead atoms. The van der Waals surface area contributed by atoms with E-state index < -0.39 is 24.2 Å². The van der Waals surface area contributed by atoms with E-state index >= 15 is 0 Å². The normalized spacial score (nSPS) is 14.5. The summed E-state index contributed by atoms with van der Waals surface area (Å²) < 4.78 is 0. The highest BCUT2D eigenvalue weighted by Gasteiger charge is 2.33. The summed E-state index contributed by atoms with van der Waals surface area (Å²) in [7, 11) is 0. The number of guanidine groups is 2. The van der Waals surface area contributed by atoms with Crippen molar-refractivity contribution >= 4 is 41.1 Å². The number of piperazine rings is 1. The minimum Gasteiger partial charge on any atom is -0.374 e. The molecule has 11 N–H and O–H groups in total. The molecule has 6 rings (SSSR count). The molecule has 2 unspecified atom stereocenters. The number of nitrogens with zero attached hydrogens (tertiary/aromatic N) is 6. The number of aliphatic hydroxyl groups excluding tert-OH is 1. The molecule has 1 heterocycles. The number of hydrogen-bond donors (Lipinski definition) is 7. The second-order valence-corrected chi connectivity index (χ2v) is 16.0. The maximum Gasteiger partial charge on any atom is 0.251 e. The van der Waals surface area contributed by atoms with E-state index in [1.807, 2.05) is 117 Å². The summed E-state index contributed by atoms with van der Waals surface area (Å²) in [6.45, 7) is 5.12. The third-order valence-electron chi connectivity index (χ3n) is 10.7. The summed E-state index contributed by atoms with van der Waals surface area (Å²) in [5, 5.41) is 33.7. The van der Waals surface area contributed by atoms with Crippen LogP contribution in [0.1, 0.15) is 70.2 Å². The van der Waals surface area contributed by atoms with Gasteiger partial charge in [0.2, 0.25) is 23.7 Å². The van der Waals surface area contributed by atoms with Crippen molar-refractivity contribution in [2.75, 3.05) is 26.2 Å². The molecule has 0 radical (unpaired) electrons. The lowest BCUT2D eigenvalue weighted by Gasteiger charge is -2.38. The van der Waals surface area contributed by atoms with Crippen LogP contribution in [0.25, 0.3) is 0 Å². The van der Waals surface area contributed by atoms with Gasteiger partial charge in [-0.05, 0) is 35.6 Å². The van der Waals surface area contributed by atoms with Crippen molar-refractivity contribution in [3.63, 3.8) is 0 Å². The number of nitrogens with one attached hydrogen (secondary N) is 2. The van der Waals surface area contributed by atoms with Crippen LogP contribution < -0.4 is 33.6 Å². The Labute approximate surface area is 378 Å². The first-order chi connectivity index (χ1) is 31.4. The first kappa shape index (κ1) is 46.8. The largest absolute Gasteiger partial charge is 0.374 e. The highest BCUT2D eigenvalue weighted by atomic mass is 16.3. The molecule has 1 fully saturated rings. The molecule has 0 aromatic heterocycles. The van der Waals surface area contributed by atoms with Gasteiger partial charge < -0.3 is 43.2 Å². The predicted octanol–water partition coefficient (Wildman–Crippen LogP) is 3.45. The maximum atomic E-state index is 14.3. The lowest BCUT2D eigenvalue weighted by atomic mass is 9.99. The van der Waals surface area contributed by atoms with Crippen LogP contribution in [-0.4, -0.2) is 94.2 Å². The van der Waals surface area contributed by atoms with Gasteiger partial charge in [-0.3, -0.25) is 19.7 Å². The molecular weight excluding hydrogens is 821 g/mol. The minimum absolute atomic E-state index is 0.136. The van der Waals surface area contributed by atoms with E-state index in [2.05, 4.69) is 31.0 Å². The fourth-order valence-corrected chi connectivity index (χ4v) is 7.45. The molecule has 0 spiro atoms. The number of amides is 3. The van der Waals surface area contributed by atoms with Crippen molar-refractivity contribution in [1.82, 2.24) is 20.4 Å². The first-order valence-corrected chi connectivity index (χ1v) is 21.4. The van der Waals surface area contributed by atoms with Crippen LogP contribution in [0.15, 0.2) is 160 Å². The highest BCUT2D eigenvalue weighted by molar-refractivity contribution is 6.14. The van der Waals surface area contributed by atoms with Gasteiger partial charge in [-0.2, -0.15) is 0 Å². The Kier molecular flexibility index (Phi) is 16.3. The number of nitrogens with two attached hydrogens (primary N) is 4. The first-order valence-electron chi connectivity index (χ1n) is 21.4. The second kappa shape index (κ2) is 22.6. The SMILES string of the molecule is CC(C)CC(NC(O)c1ccc(/C(=N/N=C(N)N)c2ccccc2)cc1)C(=O)N1CCN(C(=O)[C@H](Cc2ccccc2)NC(=O)c2ccc(/C(=N/N=C(N)N)c3ccccc3)cc2)CC1. The summed E-state index contributed by atoms with van der Waals surface area (Å²) in [5.74, 6) is -1.08. The number of rotatable bonds is 17. The van der Waals surface area contributed by atoms with Crippen LogP contribution in [0, 0.1) is 5.92 Å². The van der Waals surface area contributed by atoms with Crippen LogP contribution >= 0.6 is 0 Å². The summed E-state index contributed by atoms with van der Waals surface area (Å²) in [4.78, 5) is 45.6. The lowest BCUT2D eigenvalue weighted by Crippen LogP contribution is -2.58. The molecule has 336 valence electrons. The molecule has 0 saturated carbocycles. The molecule has 65 heavy (non-hydrogen) atoms. The van der Waals surface area contributed by atoms with Crippen LogP contribution in [0.3, 0.4) is 0 Å². The Morgan fingerprint density at radius 2 is 0.954 bits per heavy atom. The summed E-state index contributed by atoms with van der Waals surface area (Å²) in [6, 6.07) is 40.7. The Morgan fingerprint density at radius 3 is 1.40 bits per heavy atom. The van der Waals surface area contributed by atoms with E-state index in [0.29, 0.717) is 34.5 Å². The van der Waals surface area contributed by atoms with Gasteiger partial charge >= 0.3 is 0 Å². The second-order valence-electron chi connectivity index (χ2n) is 16.0. The third-order valence-corrected chi connectivity index (χ3v) is 10.7. The number of hydrogen-bond acceptors (Lipinski definition) is 9. The van der Waals surface area contributed by atoms with Gasteiger partial charge in [0.1, 0.15) is 23.7 Å². The molecule has 5 aromatic rings. The van der Waals surface area contributed by atoms with Gasteiger partial charge in [0.05, 0.1) is 6.04 Å². The van der Waals surface area contributed by atoms with E-state index in [-0.39, 0.29) is 62.3 Å². The molecule has 1 saturated heterocycles. The van der Waals surface area contributed by atoms with Crippen molar-refractivity contribution in [2.24, 2.45) is 49.3 Å². The van der Waals surface area contributed by atoms with Crippen molar-refractivity contribution < 1.29 is 19.5 Å². The standard InChI is InChI=1S/C49H56N12O4/c1-32(2)30-40(54-44(62)38-22-18-36(19-23-38)42(56-58-48(50)51)34-14-8-4-9-15-34)46(64)60-26-28-61(29-27-60)47(65)41(31-33-12-6-3-7-13-33)55-45(63)39-24-20-37(21-25-39)43(57-59-49(52)53)35-16-10-5-11-17-35/h3-25,32,40-41,44,54,62H,26-31H2,1-2H3,(H,55,63)(H4,50,51,58)(H4,52,53,59)/b56-42+,57-43+/t40?,41-,44?/m0/s1. The molecule has 5 aromatic carbocycles. The van der Waals surface area contributed by atoms with Gasteiger partial charge in [0, 0.05) is 60.4 Å². The third kappa shape index (κ3) is 13.2. The Balaban J connectivity index is 1.11. The van der Waals surface area contributed by atoms with E-state index in [4.69, 9.17) is 22.9 Å². The number of aliphatic hydroxyl groups is 1. The van der Waals surface area contributed by atoms with Gasteiger partial charge in [0.15, 0.2) is 0 Å². The zero-order chi connectivity index (χ0) is 46.3. The lowest BCUT2D eigenvalue weighted by molar-refractivity contribution is -0.142. The van der Waals surface area contributed by atoms with Gasteiger partial charge in [0.25, 0.3) is 5.91 Å². The smallest absolute Gasteiger partial charge is 0.251 e. The zero-order valence-corrected chi connectivity index (χ0v) is 36.5. The van der Waals surface area contributed by atoms with Gasteiger partial charge in [-0.15, -0.1) is 20.4 Å². The molecule has 16 heteroatoms. The Morgan fingerprint density at radius 1 is 0.554 bits per heavy atom. The van der Waals surface area contributed by atoms with Crippen LogP contribution in [-0.2, 0) is 16.0 Å². The van der Waals surface area contributed by atoms with Crippen LogP contribution in [0.4, 0.5) is 0 Å². The molecule has 3 atom stereocenters. The summed E-state index contributed by atoms with van der Waals surface area (Å²) in [6.07, 6.45) is -0.419. The van der Waals surface area contributed by atoms with Gasteiger partial charge in [-0.25, -0.2) is 0 Å². The van der Waals surface area contributed by atoms with Crippen molar-refractivity contribution in [3.8, 4) is 0 Å². The number of benzene rings is 5. The summed E-state index contributed by atoms with van der Waals surface area (Å²) in [5.41, 5.74) is 28.0. The Hall–Kier alpha value is -7.69. The predicted molar refractivity (Wildman–Crippen MR) is 255 cm³/mol. The molecule has 1 aliphatic rings. The quantitative estimate of drug-likeness (QED) is 0.0312. The minimum atomic E-state index is -1.16. The molecule has 16 nitrogen and oxygen atoms in total. The molecule has 0 aliphatic carbocycles. The van der Waals surface area contributed by atoms with Crippen molar-refractivity contribution in [2.45, 2.75) is 45.0 Å². The van der Waals surface area contributed by atoms with E-state index in [9.17, 15) is 19.5 Å². The highest BCUT2D eigenvalue weighted by Crippen LogP contribution is 2.20. The van der Waals surface area contributed by atoms with Crippen LogP contribution in [0.5, 0.6) is 0 Å². The monoisotopic (exact) mass is 876 g/mol. The average Bonchev–Trinajstić information content (AvgIpc) is 3.32. The topological polar surface area (TPSA) is 256 Å². The maximum absolute atomic E-state index is 14.3. The summed E-state index contributed by atoms with van der Waals surface area (Å²) >= 11 is 0. The fourth-order valence-electron chi connectivity index (χ4n) is 7.45. The molecule has 1 aliphatic heterocycles. The van der Waals surface area contributed by atoms with E-state index in [1.54, 1.807) is 46.2 Å². The zero-order valence-electron chi connectivity index (χ0n) is 36.5. The number of carbonyl (C=O) groups excluding carboxylic acids is 3. The van der Waals surface area contributed by atoms with Crippen LogP contribution in [0.2, 0.25) is 0 Å². The Bertz CT molecular complexity index is 2480. The number of carbonyl (C=O) groups is 3. The van der Waals surface area contributed by atoms with E-state index in [1.165, 1.54) is 0 Å². The average molecular weight is 877 g/mol.